The second kappa shape index (κ2) is 4.31. The van der Waals surface area contributed by atoms with Gasteiger partial charge in [-0.15, -0.1) is 0 Å². The van der Waals surface area contributed by atoms with Gasteiger partial charge in [-0.2, -0.15) is 0 Å². The third kappa shape index (κ3) is 2.05. The molecule has 1 aromatic rings. The van der Waals surface area contributed by atoms with Gasteiger partial charge in [0, 0.05) is 24.2 Å². The molecule has 2 N–H and O–H groups in total. The predicted molar refractivity (Wildman–Crippen MR) is 68.9 cm³/mol. The van der Waals surface area contributed by atoms with Gasteiger partial charge in [-0.1, -0.05) is 12.1 Å². The molecule has 92 valence electrons. The van der Waals surface area contributed by atoms with Gasteiger partial charge in [-0.25, -0.2) is 5.90 Å². The number of rotatable bonds is 4. The zero-order chi connectivity index (χ0) is 11.7. The Morgan fingerprint density at radius 1 is 1.12 bits per heavy atom. The summed E-state index contributed by atoms with van der Waals surface area (Å²) < 4.78 is 0. The van der Waals surface area contributed by atoms with Crippen molar-refractivity contribution in [2.24, 2.45) is 5.90 Å². The fourth-order valence-electron chi connectivity index (χ4n) is 2.83. The van der Waals surface area contributed by atoms with Crippen molar-refractivity contribution >= 4 is 5.69 Å². The van der Waals surface area contributed by atoms with Crippen molar-refractivity contribution in [2.75, 3.05) is 24.6 Å². The Bertz CT molecular complexity index is 378. The number of anilines is 1. The van der Waals surface area contributed by atoms with Crippen LogP contribution < -0.4 is 10.8 Å². The SMILES string of the molecule is NOCC1(c2ccc(N3CCCC3)cc2)CC1. The normalized spacial score (nSPS) is 21.8. The van der Waals surface area contributed by atoms with Crippen LogP contribution in [0.1, 0.15) is 31.2 Å². The number of hydrogen-bond donors (Lipinski definition) is 1. The molecule has 1 saturated heterocycles. The number of nitrogens with two attached hydrogens (primary N) is 1. The molecule has 0 bridgehead atoms. The smallest absolute Gasteiger partial charge is 0.0775 e. The molecule has 1 aliphatic heterocycles. The van der Waals surface area contributed by atoms with Crippen LogP contribution in [0.4, 0.5) is 5.69 Å². The van der Waals surface area contributed by atoms with Crippen LogP contribution >= 0.6 is 0 Å². The van der Waals surface area contributed by atoms with E-state index in [9.17, 15) is 0 Å². The molecule has 2 fully saturated rings. The summed E-state index contributed by atoms with van der Waals surface area (Å²) in [6.45, 7) is 3.06. The second-order valence-corrected chi connectivity index (χ2v) is 5.33. The van der Waals surface area contributed by atoms with Crippen LogP contribution in [0.25, 0.3) is 0 Å². The molecule has 2 aliphatic rings. The van der Waals surface area contributed by atoms with Crippen molar-refractivity contribution < 1.29 is 4.84 Å². The third-order valence-corrected chi connectivity index (χ3v) is 4.16. The van der Waals surface area contributed by atoms with E-state index < -0.39 is 0 Å². The van der Waals surface area contributed by atoms with Gasteiger partial charge in [0.05, 0.1) is 6.61 Å². The van der Waals surface area contributed by atoms with Gasteiger partial charge < -0.3 is 9.74 Å². The van der Waals surface area contributed by atoms with Crippen LogP contribution in [-0.2, 0) is 10.3 Å². The van der Waals surface area contributed by atoms with Gasteiger partial charge in [0.1, 0.15) is 0 Å². The zero-order valence-electron chi connectivity index (χ0n) is 10.2. The van der Waals surface area contributed by atoms with E-state index in [-0.39, 0.29) is 5.41 Å². The molecule has 1 aromatic carbocycles. The highest BCUT2D eigenvalue weighted by Gasteiger charge is 2.44. The molecule has 0 spiro atoms. The first-order valence-electron chi connectivity index (χ1n) is 6.51. The fraction of sp³-hybridized carbons (Fsp3) is 0.571. The standard InChI is InChI=1S/C14H20N2O/c15-17-11-14(7-8-14)12-3-5-13(6-4-12)16-9-1-2-10-16/h3-6H,1-2,7-11,15H2. The topological polar surface area (TPSA) is 38.5 Å². The Kier molecular flexibility index (Phi) is 2.81. The van der Waals surface area contributed by atoms with E-state index >= 15 is 0 Å². The average Bonchev–Trinajstić information content (AvgIpc) is 2.94. The predicted octanol–water partition coefficient (Wildman–Crippen LogP) is 2.21. The van der Waals surface area contributed by atoms with Gasteiger partial charge in [0.2, 0.25) is 0 Å². The fourth-order valence-corrected chi connectivity index (χ4v) is 2.83. The van der Waals surface area contributed by atoms with Crippen molar-refractivity contribution in [3.63, 3.8) is 0 Å². The Balaban J connectivity index is 1.76. The van der Waals surface area contributed by atoms with Crippen LogP contribution in [0.3, 0.4) is 0 Å². The molecule has 0 amide bonds. The highest BCUT2D eigenvalue weighted by atomic mass is 16.6. The molecule has 0 aromatic heterocycles. The first-order chi connectivity index (χ1) is 8.34. The van der Waals surface area contributed by atoms with E-state index in [0.717, 1.165) is 0 Å². The molecule has 0 atom stereocenters. The summed E-state index contributed by atoms with van der Waals surface area (Å²) in [5.41, 5.74) is 2.96. The molecule has 0 radical (unpaired) electrons. The quantitative estimate of drug-likeness (QED) is 0.809. The maximum Gasteiger partial charge on any atom is 0.0775 e. The minimum absolute atomic E-state index is 0.221. The second-order valence-electron chi connectivity index (χ2n) is 5.33. The van der Waals surface area contributed by atoms with Crippen molar-refractivity contribution in [1.82, 2.24) is 0 Å². The Labute approximate surface area is 103 Å². The lowest BCUT2D eigenvalue weighted by atomic mass is 9.97. The molecule has 0 unspecified atom stereocenters. The first-order valence-corrected chi connectivity index (χ1v) is 6.51. The van der Waals surface area contributed by atoms with E-state index in [4.69, 9.17) is 10.7 Å². The molecule has 3 rings (SSSR count). The lowest BCUT2D eigenvalue weighted by Gasteiger charge is -2.19. The van der Waals surface area contributed by atoms with Crippen molar-refractivity contribution in [2.45, 2.75) is 31.1 Å². The van der Waals surface area contributed by atoms with E-state index in [1.54, 1.807) is 0 Å². The molecule has 1 saturated carbocycles. The summed E-state index contributed by atoms with van der Waals surface area (Å²) in [7, 11) is 0. The van der Waals surface area contributed by atoms with Crippen molar-refractivity contribution in [3.05, 3.63) is 29.8 Å². The van der Waals surface area contributed by atoms with Gasteiger partial charge in [0.25, 0.3) is 0 Å². The molecule has 17 heavy (non-hydrogen) atoms. The summed E-state index contributed by atoms with van der Waals surface area (Å²) >= 11 is 0. The summed E-state index contributed by atoms with van der Waals surface area (Å²) in [5.74, 6) is 5.21. The Morgan fingerprint density at radius 3 is 2.29 bits per heavy atom. The van der Waals surface area contributed by atoms with Crippen LogP contribution in [-0.4, -0.2) is 19.7 Å². The largest absolute Gasteiger partial charge is 0.372 e. The van der Waals surface area contributed by atoms with Gasteiger partial charge in [-0.3, -0.25) is 0 Å². The average molecular weight is 232 g/mol. The molecular weight excluding hydrogens is 212 g/mol. The lowest BCUT2D eigenvalue weighted by Crippen LogP contribution is -2.19. The molecule has 1 aliphatic carbocycles. The monoisotopic (exact) mass is 232 g/mol. The van der Waals surface area contributed by atoms with Crippen LogP contribution in [0.15, 0.2) is 24.3 Å². The zero-order valence-corrected chi connectivity index (χ0v) is 10.2. The van der Waals surface area contributed by atoms with Crippen LogP contribution in [0.5, 0.6) is 0 Å². The maximum atomic E-state index is 5.21. The summed E-state index contributed by atoms with van der Waals surface area (Å²) in [5, 5.41) is 0. The Hall–Kier alpha value is -1.06. The van der Waals surface area contributed by atoms with Gasteiger partial charge >= 0.3 is 0 Å². The van der Waals surface area contributed by atoms with Crippen LogP contribution in [0.2, 0.25) is 0 Å². The number of benzene rings is 1. The number of hydrogen-bond acceptors (Lipinski definition) is 3. The molecule has 3 heteroatoms. The van der Waals surface area contributed by atoms with E-state index in [2.05, 4.69) is 29.2 Å². The maximum absolute atomic E-state index is 5.21. The van der Waals surface area contributed by atoms with Crippen LogP contribution in [0, 0.1) is 0 Å². The minimum Gasteiger partial charge on any atom is -0.372 e. The van der Waals surface area contributed by atoms with Gasteiger partial charge in [0.15, 0.2) is 0 Å². The summed E-state index contributed by atoms with van der Waals surface area (Å²) in [6.07, 6.45) is 5.06. The van der Waals surface area contributed by atoms with Gasteiger partial charge in [-0.05, 0) is 43.4 Å². The van der Waals surface area contributed by atoms with E-state index in [1.165, 1.54) is 50.0 Å². The van der Waals surface area contributed by atoms with Crippen molar-refractivity contribution in [3.8, 4) is 0 Å². The first kappa shape index (κ1) is 11.1. The minimum atomic E-state index is 0.221. The lowest BCUT2D eigenvalue weighted by molar-refractivity contribution is 0.116. The molecular formula is C14H20N2O. The molecule has 3 nitrogen and oxygen atoms in total. The summed E-state index contributed by atoms with van der Waals surface area (Å²) in [6, 6.07) is 8.99. The van der Waals surface area contributed by atoms with E-state index in [0.29, 0.717) is 6.61 Å². The highest BCUT2D eigenvalue weighted by molar-refractivity contribution is 5.50. The molecule has 1 heterocycles. The Morgan fingerprint density at radius 2 is 1.76 bits per heavy atom. The third-order valence-electron chi connectivity index (χ3n) is 4.16. The highest BCUT2D eigenvalue weighted by Crippen LogP contribution is 2.48. The van der Waals surface area contributed by atoms with E-state index in [1.807, 2.05) is 0 Å². The number of nitrogens with zero attached hydrogens (tertiary/aromatic N) is 1. The summed E-state index contributed by atoms with van der Waals surface area (Å²) in [4.78, 5) is 7.30. The van der Waals surface area contributed by atoms with Crippen molar-refractivity contribution in [1.29, 1.82) is 0 Å².